The quantitative estimate of drug-likeness (QED) is 0.664. The fourth-order valence-corrected chi connectivity index (χ4v) is 3.03. The van der Waals surface area contributed by atoms with Gasteiger partial charge in [-0.15, -0.1) is 6.58 Å². The summed E-state index contributed by atoms with van der Waals surface area (Å²) in [7, 11) is 2.08. The SMILES string of the molecule is C=CCCC(NC)C1C(C)(C)C1(C)C. The minimum absolute atomic E-state index is 0.488. The predicted molar refractivity (Wildman–Crippen MR) is 63.3 cm³/mol. The first-order chi connectivity index (χ1) is 6.39. The maximum Gasteiger partial charge on any atom is 0.0106 e. The molecule has 0 heterocycles. The highest BCUT2D eigenvalue weighted by Gasteiger charge is 2.66. The van der Waals surface area contributed by atoms with Gasteiger partial charge in [0.2, 0.25) is 0 Å². The van der Waals surface area contributed by atoms with Crippen LogP contribution in [0.4, 0.5) is 0 Å². The van der Waals surface area contributed by atoms with Gasteiger partial charge >= 0.3 is 0 Å². The third-order valence-corrected chi connectivity index (χ3v) is 4.59. The molecule has 0 aromatic heterocycles. The molecule has 0 amide bonds. The van der Waals surface area contributed by atoms with Crippen molar-refractivity contribution >= 4 is 0 Å². The zero-order valence-electron chi connectivity index (χ0n) is 10.4. The van der Waals surface area contributed by atoms with Crippen LogP contribution in [0, 0.1) is 16.7 Å². The minimum atomic E-state index is 0.488. The van der Waals surface area contributed by atoms with E-state index in [4.69, 9.17) is 0 Å². The number of allylic oxidation sites excluding steroid dienone is 1. The summed E-state index contributed by atoms with van der Waals surface area (Å²) in [6.07, 6.45) is 4.36. The maximum atomic E-state index is 3.79. The summed E-state index contributed by atoms with van der Waals surface area (Å²) in [4.78, 5) is 0. The summed E-state index contributed by atoms with van der Waals surface area (Å²) in [6.45, 7) is 13.3. The molecular weight excluding hydrogens is 170 g/mol. The van der Waals surface area contributed by atoms with E-state index in [2.05, 4.69) is 46.6 Å². The average molecular weight is 195 g/mol. The molecule has 0 bridgehead atoms. The molecule has 0 aromatic carbocycles. The molecule has 0 spiro atoms. The highest BCUT2D eigenvalue weighted by Crippen LogP contribution is 2.69. The molecule has 1 heteroatoms. The van der Waals surface area contributed by atoms with Gasteiger partial charge in [0.25, 0.3) is 0 Å². The second-order valence-electron chi connectivity index (χ2n) is 5.68. The van der Waals surface area contributed by atoms with Crippen LogP contribution >= 0.6 is 0 Å². The van der Waals surface area contributed by atoms with E-state index in [1.165, 1.54) is 6.42 Å². The van der Waals surface area contributed by atoms with Crippen molar-refractivity contribution in [3.8, 4) is 0 Å². The second kappa shape index (κ2) is 3.69. The Balaban J connectivity index is 2.60. The molecule has 1 fully saturated rings. The van der Waals surface area contributed by atoms with Gasteiger partial charge in [0, 0.05) is 6.04 Å². The van der Waals surface area contributed by atoms with Crippen LogP contribution in [-0.2, 0) is 0 Å². The van der Waals surface area contributed by atoms with Gasteiger partial charge in [0.1, 0.15) is 0 Å². The smallest absolute Gasteiger partial charge is 0.0106 e. The van der Waals surface area contributed by atoms with Crippen LogP contribution in [-0.4, -0.2) is 13.1 Å². The minimum Gasteiger partial charge on any atom is -0.317 e. The van der Waals surface area contributed by atoms with E-state index >= 15 is 0 Å². The predicted octanol–water partition coefficient (Wildman–Crippen LogP) is 3.22. The first-order valence-electron chi connectivity index (χ1n) is 5.67. The summed E-state index contributed by atoms with van der Waals surface area (Å²) in [6, 6.07) is 0.651. The molecule has 1 nitrogen and oxygen atoms in total. The van der Waals surface area contributed by atoms with Crippen molar-refractivity contribution in [1.82, 2.24) is 5.32 Å². The van der Waals surface area contributed by atoms with Crippen molar-refractivity contribution < 1.29 is 0 Å². The molecule has 1 unspecified atom stereocenters. The molecule has 1 N–H and O–H groups in total. The largest absolute Gasteiger partial charge is 0.317 e. The molecule has 1 aliphatic rings. The normalized spacial score (nSPS) is 25.8. The number of rotatable bonds is 5. The Hall–Kier alpha value is -0.300. The van der Waals surface area contributed by atoms with Crippen LogP contribution in [0.5, 0.6) is 0 Å². The van der Waals surface area contributed by atoms with Gasteiger partial charge in [-0.1, -0.05) is 33.8 Å². The molecule has 14 heavy (non-hydrogen) atoms. The Labute approximate surface area is 89.0 Å². The lowest BCUT2D eigenvalue weighted by molar-refractivity contribution is 0.403. The topological polar surface area (TPSA) is 12.0 Å². The molecule has 0 saturated heterocycles. The standard InChI is InChI=1S/C13H25N/c1-7-8-9-10(14-6)11-12(2,3)13(11,4)5/h7,10-11,14H,1,8-9H2,2-6H3. The van der Waals surface area contributed by atoms with E-state index in [-0.39, 0.29) is 0 Å². The molecule has 1 aliphatic carbocycles. The first kappa shape index (κ1) is 11.8. The van der Waals surface area contributed by atoms with Gasteiger partial charge in [-0.05, 0) is 36.6 Å². The van der Waals surface area contributed by atoms with E-state index in [1.807, 2.05) is 6.08 Å². The Morgan fingerprint density at radius 1 is 1.29 bits per heavy atom. The van der Waals surface area contributed by atoms with E-state index in [0.29, 0.717) is 16.9 Å². The molecule has 0 aliphatic heterocycles. The Morgan fingerprint density at radius 2 is 1.79 bits per heavy atom. The number of hydrogen-bond donors (Lipinski definition) is 1. The molecule has 0 radical (unpaired) electrons. The molecule has 82 valence electrons. The van der Waals surface area contributed by atoms with Crippen LogP contribution in [0.1, 0.15) is 40.5 Å². The van der Waals surface area contributed by atoms with Gasteiger partial charge in [0.15, 0.2) is 0 Å². The van der Waals surface area contributed by atoms with Gasteiger partial charge in [-0.2, -0.15) is 0 Å². The summed E-state index contributed by atoms with van der Waals surface area (Å²) in [5, 5.41) is 3.46. The van der Waals surface area contributed by atoms with Gasteiger partial charge in [-0.25, -0.2) is 0 Å². The van der Waals surface area contributed by atoms with Crippen molar-refractivity contribution in [2.75, 3.05) is 7.05 Å². The second-order valence-corrected chi connectivity index (χ2v) is 5.68. The summed E-state index contributed by atoms with van der Waals surface area (Å²) < 4.78 is 0. The molecule has 0 aromatic rings. The zero-order valence-corrected chi connectivity index (χ0v) is 10.4. The molecule has 1 saturated carbocycles. The van der Waals surface area contributed by atoms with E-state index in [1.54, 1.807) is 0 Å². The lowest BCUT2D eigenvalue weighted by Gasteiger charge is -2.17. The number of hydrogen-bond acceptors (Lipinski definition) is 1. The first-order valence-corrected chi connectivity index (χ1v) is 5.67. The lowest BCUT2D eigenvalue weighted by atomic mass is 10.00. The van der Waals surface area contributed by atoms with Crippen molar-refractivity contribution in [2.45, 2.75) is 46.6 Å². The van der Waals surface area contributed by atoms with Gasteiger partial charge in [0.05, 0.1) is 0 Å². The average Bonchev–Trinajstić information content (AvgIpc) is 2.48. The monoisotopic (exact) mass is 195 g/mol. The zero-order chi connectivity index (χ0) is 11.0. The summed E-state index contributed by atoms with van der Waals surface area (Å²) in [5.41, 5.74) is 0.976. The van der Waals surface area contributed by atoms with Crippen LogP contribution in [0.3, 0.4) is 0 Å². The highest BCUT2D eigenvalue weighted by molar-refractivity contribution is 5.16. The van der Waals surface area contributed by atoms with Crippen LogP contribution in [0.25, 0.3) is 0 Å². The van der Waals surface area contributed by atoms with Crippen molar-refractivity contribution in [3.63, 3.8) is 0 Å². The summed E-state index contributed by atoms with van der Waals surface area (Å²) >= 11 is 0. The number of nitrogens with one attached hydrogen (secondary N) is 1. The van der Waals surface area contributed by atoms with Crippen molar-refractivity contribution in [3.05, 3.63) is 12.7 Å². The van der Waals surface area contributed by atoms with Crippen molar-refractivity contribution in [1.29, 1.82) is 0 Å². The van der Waals surface area contributed by atoms with Crippen LogP contribution in [0.15, 0.2) is 12.7 Å². The molecule has 1 atom stereocenters. The van der Waals surface area contributed by atoms with Gasteiger partial charge < -0.3 is 5.32 Å². The van der Waals surface area contributed by atoms with Crippen molar-refractivity contribution in [2.24, 2.45) is 16.7 Å². The van der Waals surface area contributed by atoms with Crippen LogP contribution in [0.2, 0.25) is 0 Å². The van der Waals surface area contributed by atoms with Gasteiger partial charge in [-0.3, -0.25) is 0 Å². The Kier molecular flexibility index (Phi) is 3.10. The Bertz CT molecular complexity index is 201. The fourth-order valence-electron chi connectivity index (χ4n) is 3.03. The third kappa shape index (κ3) is 1.63. The highest BCUT2D eigenvalue weighted by atomic mass is 14.9. The van der Waals surface area contributed by atoms with E-state index in [9.17, 15) is 0 Å². The third-order valence-electron chi connectivity index (χ3n) is 4.59. The Morgan fingerprint density at radius 3 is 2.07 bits per heavy atom. The maximum absolute atomic E-state index is 3.79. The van der Waals surface area contributed by atoms with E-state index in [0.717, 1.165) is 12.3 Å². The summed E-state index contributed by atoms with van der Waals surface area (Å²) in [5.74, 6) is 0.806. The fraction of sp³-hybridized carbons (Fsp3) is 0.846. The molecular formula is C13H25N. The molecule has 1 rings (SSSR count). The lowest BCUT2D eigenvalue weighted by Crippen LogP contribution is -2.29. The van der Waals surface area contributed by atoms with Crippen LogP contribution < -0.4 is 5.32 Å². The van der Waals surface area contributed by atoms with E-state index < -0.39 is 0 Å².